The molecule has 1 aromatic rings. The summed E-state index contributed by atoms with van der Waals surface area (Å²) in [5, 5.41) is 11.0. The normalized spacial score (nSPS) is 20.3. The Labute approximate surface area is 116 Å². The van der Waals surface area contributed by atoms with Crippen molar-refractivity contribution in [2.75, 3.05) is 13.1 Å². The van der Waals surface area contributed by atoms with Gasteiger partial charge in [-0.15, -0.1) is 11.3 Å². The van der Waals surface area contributed by atoms with Crippen molar-refractivity contribution >= 4 is 23.2 Å². The lowest BCUT2D eigenvalue weighted by molar-refractivity contribution is -0.151. The molecule has 1 atom stereocenters. The van der Waals surface area contributed by atoms with Gasteiger partial charge in [-0.05, 0) is 32.6 Å². The van der Waals surface area contributed by atoms with E-state index in [1.807, 2.05) is 0 Å². The minimum absolute atomic E-state index is 0.0127. The SMILES string of the molecule is CC(C)(C(=O)O)C1CCCN(C(=O)c2cscn2)C1. The Balaban J connectivity index is 2.09. The molecule has 6 heteroatoms. The van der Waals surface area contributed by atoms with Crippen molar-refractivity contribution in [2.45, 2.75) is 26.7 Å². The second-order valence-corrected chi connectivity index (χ2v) is 6.21. The highest BCUT2D eigenvalue weighted by molar-refractivity contribution is 7.07. The minimum atomic E-state index is -0.805. The molecule has 0 aromatic carbocycles. The van der Waals surface area contributed by atoms with Gasteiger partial charge in [0.05, 0.1) is 10.9 Å². The molecule has 5 nitrogen and oxygen atoms in total. The maximum absolute atomic E-state index is 12.2. The van der Waals surface area contributed by atoms with E-state index in [0.717, 1.165) is 12.8 Å². The first-order valence-corrected chi connectivity index (χ1v) is 7.28. The van der Waals surface area contributed by atoms with Gasteiger partial charge in [0, 0.05) is 18.5 Å². The highest BCUT2D eigenvalue weighted by Gasteiger charge is 2.40. The summed E-state index contributed by atoms with van der Waals surface area (Å²) in [4.78, 5) is 29.3. The smallest absolute Gasteiger partial charge is 0.309 e. The summed E-state index contributed by atoms with van der Waals surface area (Å²) in [6, 6.07) is 0. The first kappa shape index (κ1) is 14.0. The van der Waals surface area contributed by atoms with Crippen LogP contribution in [-0.4, -0.2) is 40.0 Å². The van der Waals surface area contributed by atoms with Crippen LogP contribution in [0.3, 0.4) is 0 Å². The van der Waals surface area contributed by atoms with Crippen molar-refractivity contribution in [3.63, 3.8) is 0 Å². The number of aromatic nitrogens is 1. The highest BCUT2D eigenvalue weighted by atomic mass is 32.1. The number of thiazole rings is 1. The summed E-state index contributed by atoms with van der Waals surface area (Å²) in [6.45, 7) is 4.64. The Kier molecular flexibility index (Phi) is 3.89. The average Bonchev–Trinajstić information content (AvgIpc) is 2.91. The number of likely N-dealkylation sites (tertiary alicyclic amines) is 1. The fourth-order valence-corrected chi connectivity index (χ4v) is 2.93. The van der Waals surface area contributed by atoms with Gasteiger partial charge in [0.2, 0.25) is 0 Å². The first-order chi connectivity index (χ1) is 8.93. The van der Waals surface area contributed by atoms with Crippen LogP contribution >= 0.6 is 11.3 Å². The number of piperidine rings is 1. The zero-order valence-electron chi connectivity index (χ0n) is 11.1. The van der Waals surface area contributed by atoms with E-state index < -0.39 is 11.4 Å². The van der Waals surface area contributed by atoms with Crippen molar-refractivity contribution in [1.82, 2.24) is 9.88 Å². The maximum atomic E-state index is 12.2. The molecule has 104 valence electrons. The monoisotopic (exact) mass is 282 g/mol. The molecule has 0 radical (unpaired) electrons. The number of carbonyl (C=O) groups is 2. The fraction of sp³-hybridized carbons (Fsp3) is 0.615. The van der Waals surface area contributed by atoms with E-state index in [9.17, 15) is 14.7 Å². The number of rotatable bonds is 3. The zero-order valence-corrected chi connectivity index (χ0v) is 11.9. The molecule has 1 aliphatic rings. The molecule has 0 saturated carbocycles. The molecule has 1 unspecified atom stereocenters. The number of hydrogen-bond acceptors (Lipinski definition) is 4. The van der Waals surface area contributed by atoms with Crippen LogP contribution in [0.5, 0.6) is 0 Å². The molecular weight excluding hydrogens is 264 g/mol. The second kappa shape index (κ2) is 5.28. The minimum Gasteiger partial charge on any atom is -0.481 e. The molecule has 0 aliphatic carbocycles. The molecule has 2 rings (SSSR count). The third-order valence-corrected chi connectivity index (χ3v) is 4.52. The topological polar surface area (TPSA) is 70.5 Å². The lowest BCUT2D eigenvalue weighted by Crippen LogP contribution is -2.46. The van der Waals surface area contributed by atoms with Crippen LogP contribution in [0.4, 0.5) is 0 Å². The summed E-state index contributed by atoms with van der Waals surface area (Å²) in [6.07, 6.45) is 1.69. The number of carbonyl (C=O) groups excluding carboxylic acids is 1. The standard InChI is InChI=1S/C13H18N2O3S/c1-13(2,12(17)18)9-4-3-5-15(6-9)11(16)10-7-19-8-14-10/h7-9H,3-6H2,1-2H3,(H,17,18). The molecule has 1 aliphatic heterocycles. The van der Waals surface area contributed by atoms with Gasteiger partial charge in [-0.3, -0.25) is 9.59 Å². The summed E-state index contributed by atoms with van der Waals surface area (Å²) in [5.74, 6) is -0.908. The Morgan fingerprint density at radius 3 is 2.84 bits per heavy atom. The maximum Gasteiger partial charge on any atom is 0.309 e. The van der Waals surface area contributed by atoms with E-state index in [4.69, 9.17) is 0 Å². The summed E-state index contributed by atoms with van der Waals surface area (Å²) in [7, 11) is 0. The molecule has 2 heterocycles. The van der Waals surface area contributed by atoms with E-state index in [0.29, 0.717) is 18.8 Å². The number of aliphatic carboxylic acids is 1. The number of carboxylic acid groups (broad SMARTS) is 1. The van der Waals surface area contributed by atoms with Crippen LogP contribution < -0.4 is 0 Å². The Morgan fingerprint density at radius 1 is 1.53 bits per heavy atom. The van der Waals surface area contributed by atoms with Crippen LogP contribution in [0.1, 0.15) is 37.2 Å². The summed E-state index contributed by atoms with van der Waals surface area (Å²) < 4.78 is 0. The van der Waals surface area contributed by atoms with Crippen molar-refractivity contribution in [1.29, 1.82) is 0 Å². The van der Waals surface area contributed by atoms with Crippen molar-refractivity contribution < 1.29 is 14.7 Å². The zero-order chi connectivity index (χ0) is 14.0. The predicted octanol–water partition coefficient (Wildman–Crippen LogP) is 2.11. The lowest BCUT2D eigenvalue weighted by atomic mass is 9.74. The first-order valence-electron chi connectivity index (χ1n) is 6.33. The van der Waals surface area contributed by atoms with Crippen LogP contribution in [0.15, 0.2) is 10.9 Å². The van der Waals surface area contributed by atoms with Crippen molar-refractivity contribution in [2.24, 2.45) is 11.3 Å². The number of carboxylic acids is 1. The van der Waals surface area contributed by atoms with E-state index in [-0.39, 0.29) is 11.8 Å². The van der Waals surface area contributed by atoms with Gasteiger partial charge >= 0.3 is 5.97 Å². The molecule has 1 saturated heterocycles. The van der Waals surface area contributed by atoms with Gasteiger partial charge in [-0.2, -0.15) is 0 Å². The third kappa shape index (κ3) is 2.78. The molecular formula is C13H18N2O3S. The Hall–Kier alpha value is -1.43. The lowest BCUT2D eigenvalue weighted by Gasteiger charge is -2.39. The third-order valence-electron chi connectivity index (χ3n) is 3.93. The van der Waals surface area contributed by atoms with E-state index in [2.05, 4.69) is 4.98 Å². The summed E-state index contributed by atoms with van der Waals surface area (Å²) in [5.41, 5.74) is 1.29. The van der Waals surface area contributed by atoms with Gasteiger partial charge in [-0.1, -0.05) is 0 Å². The van der Waals surface area contributed by atoms with Gasteiger partial charge in [0.1, 0.15) is 5.69 Å². The van der Waals surface area contributed by atoms with Crippen LogP contribution in [-0.2, 0) is 4.79 Å². The van der Waals surface area contributed by atoms with E-state index in [1.165, 1.54) is 11.3 Å². The fourth-order valence-electron chi connectivity index (χ4n) is 2.41. The van der Waals surface area contributed by atoms with E-state index >= 15 is 0 Å². The molecule has 1 fully saturated rings. The number of hydrogen-bond donors (Lipinski definition) is 1. The predicted molar refractivity (Wildman–Crippen MR) is 72.2 cm³/mol. The molecule has 19 heavy (non-hydrogen) atoms. The molecule has 0 bridgehead atoms. The largest absolute Gasteiger partial charge is 0.481 e. The second-order valence-electron chi connectivity index (χ2n) is 5.49. The van der Waals surface area contributed by atoms with Crippen LogP contribution in [0.25, 0.3) is 0 Å². The number of nitrogens with zero attached hydrogens (tertiary/aromatic N) is 2. The average molecular weight is 282 g/mol. The van der Waals surface area contributed by atoms with Crippen LogP contribution in [0.2, 0.25) is 0 Å². The van der Waals surface area contributed by atoms with Gasteiger partial charge in [0.15, 0.2) is 0 Å². The molecule has 1 aromatic heterocycles. The van der Waals surface area contributed by atoms with Gasteiger partial charge < -0.3 is 10.0 Å². The quantitative estimate of drug-likeness (QED) is 0.921. The van der Waals surface area contributed by atoms with Gasteiger partial charge in [0.25, 0.3) is 5.91 Å². The molecule has 1 N–H and O–H groups in total. The van der Waals surface area contributed by atoms with Crippen molar-refractivity contribution in [3.05, 3.63) is 16.6 Å². The number of amides is 1. The van der Waals surface area contributed by atoms with E-state index in [1.54, 1.807) is 29.6 Å². The van der Waals surface area contributed by atoms with Crippen LogP contribution in [0, 0.1) is 11.3 Å². The van der Waals surface area contributed by atoms with Crippen molar-refractivity contribution in [3.8, 4) is 0 Å². The molecule has 1 amide bonds. The summed E-state index contributed by atoms with van der Waals surface area (Å²) >= 11 is 1.39. The van der Waals surface area contributed by atoms with Gasteiger partial charge in [-0.25, -0.2) is 4.98 Å². The molecule has 0 spiro atoms. The Morgan fingerprint density at radius 2 is 2.26 bits per heavy atom. The Bertz CT molecular complexity index is 470. The highest BCUT2D eigenvalue weighted by Crippen LogP contribution is 2.34.